The van der Waals surface area contributed by atoms with E-state index in [0.717, 1.165) is 54.6 Å². The smallest absolute Gasteiger partial charge is 0.243 e. The lowest BCUT2D eigenvalue weighted by Gasteiger charge is -2.28. The number of rotatable bonds is 8. The van der Waals surface area contributed by atoms with Gasteiger partial charge in [-0.1, -0.05) is 30.3 Å². The third kappa shape index (κ3) is 6.17. The van der Waals surface area contributed by atoms with Crippen LogP contribution in [0.25, 0.3) is 11.3 Å². The minimum absolute atomic E-state index is 0.111. The normalized spacial score (nSPS) is 13.2. The summed E-state index contributed by atoms with van der Waals surface area (Å²) >= 11 is 0. The summed E-state index contributed by atoms with van der Waals surface area (Å²) in [5, 5.41) is 9.29. The van der Waals surface area contributed by atoms with Gasteiger partial charge in [0.15, 0.2) is 0 Å². The van der Waals surface area contributed by atoms with Crippen LogP contribution in [-0.2, 0) is 9.53 Å². The molecule has 1 aliphatic heterocycles. The van der Waals surface area contributed by atoms with E-state index in [0.29, 0.717) is 5.95 Å². The number of nitrogens with one attached hydrogen (secondary N) is 3. The maximum Gasteiger partial charge on any atom is 0.243 e. The van der Waals surface area contributed by atoms with Crippen LogP contribution in [0.2, 0.25) is 0 Å². The van der Waals surface area contributed by atoms with Gasteiger partial charge in [-0.3, -0.25) is 4.79 Å². The second-order valence-corrected chi connectivity index (χ2v) is 8.38. The molecule has 0 aliphatic carbocycles. The molecule has 1 saturated heterocycles. The molecular formula is C28H28N6O2. The maximum absolute atomic E-state index is 12.3. The van der Waals surface area contributed by atoms with Crippen LogP contribution in [0, 0.1) is 0 Å². The molecule has 1 aliphatic rings. The first-order chi connectivity index (χ1) is 17.7. The van der Waals surface area contributed by atoms with E-state index >= 15 is 0 Å². The number of carbonyl (C=O) groups excluding carboxylic acids is 1. The SMILES string of the molecule is O=C(CNc1ccccc1)Nc1ccc(-c2ccnc(Nc3ccc(N4CCOCC4)cc3)n2)cc1. The van der Waals surface area contributed by atoms with Gasteiger partial charge in [-0.05, 0) is 54.6 Å². The number of ether oxygens (including phenoxy) is 1. The summed E-state index contributed by atoms with van der Waals surface area (Å²) in [6.45, 7) is 3.54. The van der Waals surface area contributed by atoms with Crippen LogP contribution in [0.3, 0.4) is 0 Å². The number of para-hydroxylation sites is 1. The molecule has 8 heteroatoms. The number of hydrogen-bond donors (Lipinski definition) is 3. The molecule has 182 valence electrons. The topological polar surface area (TPSA) is 91.4 Å². The molecule has 8 nitrogen and oxygen atoms in total. The maximum atomic E-state index is 12.3. The van der Waals surface area contributed by atoms with Crippen molar-refractivity contribution < 1.29 is 9.53 Å². The van der Waals surface area contributed by atoms with E-state index < -0.39 is 0 Å². The lowest BCUT2D eigenvalue weighted by Crippen LogP contribution is -2.36. The Bertz CT molecular complexity index is 1270. The van der Waals surface area contributed by atoms with Gasteiger partial charge in [-0.15, -0.1) is 0 Å². The summed E-state index contributed by atoms with van der Waals surface area (Å²) in [6, 6.07) is 27.4. The van der Waals surface area contributed by atoms with Crippen molar-refractivity contribution in [2.75, 3.05) is 53.7 Å². The molecule has 1 aromatic heterocycles. The molecule has 2 heterocycles. The Balaban J connectivity index is 1.18. The molecule has 0 atom stereocenters. The van der Waals surface area contributed by atoms with E-state index in [1.54, 1.807) is 6.20 Å². The molecule has 3 aromatic carbocycles. The van der Waals surface area contributed by atoms with Crippen LogP contribution in [0.5, 0.6) is 0 Å². The number of aromatic nitrogens is 2. The molecule has 3 N–H and O–H groups in total. The van der Waals surface area contributed by atoms with Gasteiger partial charge in [0.05, 0.1) is 25.5 Å². The van der Waals surface area contributed by atoms with Crippen molar-refractivity contribution in [2.24, 2.45) is 0 Å². The van der Waals surface area contributed by atoms with E-state index in [1.165, 1.54) is 5.69 Å². The third-order valence-electron chi connectivity index (χ3n) is 5.85. The predicted molar refractivity (Wildman–Crippen MR) is 144 cm³/mol. The van der Waals surface area contributed by atoms with Crippen molar-refractivity contribution in [3.05, 3.63) is 91.1 Å². The molecule has 0 spiro atoms. The van der Waals surface area contributed by atoms with Crippen LogP contribution in [0.1, 0.15) is 0 Å². The molecular weight excluding hydrogens is 452 g/mol. The fraction of sp³-hybridized carbons (Fsp3) is 0.179. The minimum atomic E-state index is -0.111. The van der Waals surface area contributed by atoms with E-state index in [2.05, 4.69) is 43.0 Å². The van der Waals surface area contributed by atoms with Gasteiger partial charge in [0.2, 0.25) is 11.9 Å². The van der Waals surface area contributed by atoms with Crippen molar-refractivity contribution in [3.63, 3.8) is 0 Å². The molecule has 4 aromatic rings. The van der Waals surface area contributed by atoms with Gasteiger partial charge in [0.25, 0.3) is 0 Å². The van der Waals surface area contributed by atoms with E-state index in [9.17, 15) is 4.79 Å². The largest absolute Gasteiger partial charge is 0.378 e. The van der Waals surface area contributed by atoms with E-state index in [-0.39, 0.29) is 12.5 Å². The van der Waals surface area contributed by atoms with Crippen molar-refractivity contribution in [1.29, 1.82) is 0 Å². The predicted octanol–water partition coefficient (Wildman–Crippen LogP) is 4.77. The Morgan fingerprint density at radius 3 is 2.31 bits per heavy atom. The second kappa shape index (κ2) is 11.3. The summed E-state index contributed by atoms with van der Waals surface area (Å²) in [5.41, 5.74) is 5.47. The highest BCUT2D eigenvalue weighted by Gasteiger charge is 2.11. The van der Waals surface area contributed by atoms with Crippen molar-refractivity contribution in [3.8, 4) is 11.3 Å². The summed E-state index contributed by atoms with van der Waals surface area (Å²) in [6.07, 6.45) is 1.73. The van der Waals surface area contributed by atoms with E-state index in [4.69, 9.17) is 4.74 Å². The zero-order chi connectivity index (χ0) is 24.6. The average molecular weight is 481 g/mol. The summed E-state index contributed by atoms with van der Waals surface area (Å²) in [7, 11) is 0. The van der Waals surface area contributed by atoms with Crippen LogP contribution in [0.15, 0.2) is 91.1 Å². The van der Waals surface area contributed by atoms with Crippen molar-refractivity contribution >= 4 is 34.6 Å². The highest BCUT2D eigenvalue weighted by atomic mass is 16.5. The van der Waals surface area contributed by atoms with Gasteiger partial charge in [-0.2, -0.15) is 0 Å². The molecule has 0 radical (unpaired) electrons. The van der Waals surface area contributed by atoms with Gasteiger partial charge in [0, 0.05) is 47.6 Å². The average Bonchev–Trinajstić information content (AvgIpc) is 2.94. The second-order valence-electron chi connectivity index (χ2n) is 8.38. The standard InChI is InChI=1S/C28H28N6O2/c35-27(20-30-22-4-2-1-3-5-22)31-23-8-6-21(7-9-23)26-14-15-29-28(33-26)32-24-10-12-25(13-11-24)34-16-18-36-19-17-34/h1-15,30H,16-20H2,(H,31,35)(H,29,32,33). The molecule has 0 unspecified atom stereocenters. The zero-order valence-electron chi connectivity index (χ0n) is 19.9. The molecule has 0 bridgehead atoms. The fourth-order valence-electron chi connectivity index (χ4n) is 3.95. The Labute approximate surface area is 210 Å². The Hall–Kier alpha value is -4.43. The van der Waals surface area contributed by atoms with Crippen molar-refractivity contribution in [1.82, 2.24) is 9.97 Å². The molecule has 5 rings (SSSR count). The zero-order valence-corrected chi connectivity index (χ0v) is 19.9. The first-order valence-electron chi connectivity index (χ1n) is 11.9. The van der Waals surface area contributed by atoms with Crippen LogP contribution in [0.4, 0.5) is 28.7 Å². The highest BCUT2D eigenvalue weighted by molar-refractivity contribution is 5.94. The van der Waals surface area contributed by atoms with Crippen LogP contribution in [-0.4, -0.2) is 48.7 Å². The lowest BCUT2D eigenvalue weighted by atomic mass is 10.1. The molecule has 1 amide bonds. The van der Waals surface area contributed by atoms with Gasteiger partial charge in [0.1, 0.15) is 0 Å². The Kier molecular flexibility index (Phi) is 7.34. The molecule has 1 fully saturated rings. The summed E-state index contributed by atoms with van der Waals surface area (Å²) in [5.74, 6) is 0.413. The third-order valence-corrected chi connectivity index (χ3v) is 5.85. The number of amides is 1. The molecule has 36 heavy (non-hydrogen) atoms. The van der Waals surface area contributed by atoms with Crippen molar-refractivity contribution in [2.45, 2.75) is 0 Å². The fourth-order valence-corrected chi connectivity index (χ4v) is 3.95. The first kappa shape index (κ1) is 23.3. The monoisotopic (exact) mass is 480 g/mol. The van der Waals surface area contributed by atoms with Gasteiger partial charge >= 0.3 is 0 Å². The van der Waals surface area contributed by atoms with Crippen LogP contribution >= 0.6 is 0 Å². The van der Waals surface area contributed by atoms with Crippen LogP contribution < -0.4 is 20.9 Å². The number of nitrogens with zero attached hydrogens (tertiary/aromatic N) is 3. The number of benzene rings is 3. The molecule has 0 saturated carbocycles. The Morgan fingerprint density at radius 1 is 0.833 bits per heavy atom. The minimum Gasteiger partial charge on any atom is -0.378 e. The number of morpholine rings is 1. The van der Waals surface area contributed by atoms with Gasteiger partial charge < -0.3 is 25.6 Å². The summed E-state index contributed by atoms with van der Waals surface area (Å²) < 4.78 is 5.43. The number of anilines is 5. The highest BCUT2D eigenvalue weighted by Crippen LogP contribution is 2.23. The quantitative estimate of drug-likeness (QED) is 0.334. The Morgan fingerprint density at radius 2 is 1.56 bits per heavy atom. The number of hydrogen-bond acceptors (Lipinski definition) is 7. The first-order valence-corrected chi connectivity index (χ1v) is 11.9. The van der Waals surface area contributed by atoms with E-state index in [1.807, 2.05) is 72.8 Å². The number of carbonyl (C=O) groups is 1. The van der Waals surface area contributed by atoms with Gasteiger partial charge in [-0.25, -0.2) is 9.97 Å². The summed E-state index contributed by atoms with van der Waals surface area (Å²) in [4.78, 5) is 23.6. The lowest BCUT2D eigenvalue weighted by molar-refractivity contribution is -0.114.